The van der Waals surface area contributed by atoms with Crippen LogP contribution < -0.4 is 4.74 Å². The lowest BCUT2D eigenvalue weighted by molar-refractivity contribution is -0.000367. The zero-order valence-corrected chi connectivity index (χ0v) is 15.7. The van der Waals surface area contributed by atoms with E-state index in [0.717, 1.165) is 56.7 Å². The van der Waals surface area contributed by atoms with Crippen LogP contribution in [0.2, 0.25) is 0 Å². The van der Waals surface area contributed by atoms with E-state index in [0.29, 0.717) is 6.10 Å². The van der Waals surface area contributed by atoms with Gasteiger partial charge in [0.1, 0.15) is 5.75 Å². The molecule has 0 bridgehead atoms. The molecule has 1 N–H and O–H groups in total. The van der Waals surface area contributed by atoms with Crippen LogP contribution in [0.25, 0.3) is 10.9 Å². The largest absolute Gasteiger partial charge is 0.496 e. The first-order chi connectivity index (χ1) is 12.2. The molecule has 136 valence electrons. The van der Waals surface area contributed by atoms with Gasteiger partial charge < -0.3 is 14.5 Å². The first-order valence-electron chi connectivity index (χ1n) is 9.63. The maximum Gasteiger partial charge on any atom is 0.124 e. The molecular formula is C21H30N2O2. The van der Waals surface area contributed by atoms with Crippen LogP contribution in [-0.2, 0) is 11.3 Å². The van der Waals surface area contributed by atoms with Crippen LogP contribution in [0, 0.1) is 18.8 Å². The number of methoxy groups -OCH3 is 1. The molecule has 2 aromatic rings. The van der Waals surface area contributed by atoms with Gasteiger partial charge >= 0.3 is 0 Å². The third-order valence-corrected chi connectivity index (χ3v) is 6.07. The average molecular weight is 342 g/mol. The van der Waals surface area contributed by atoms with E-state index in [4.69, 9.17) is 9.47 Å². The van der Waals surface area contributed by atoms with Gasteiger partial charge in [-0.25, -0.2) is 0 Å². The van der Waals surface area contributed by atoms with Crippen LogP contribution in [0.5, 0.6) is 5.75 Å². The maximum atomic E-state index is 6.14. The minimum Gasteiger partial charge on any atom is -0.496 e. The number of aromatic nitrogens is 1. The molecule has 4 rings (SSSR count). The third-order valence-electron chi connectivity index (χ3n) is 6.07. The van der Waals surface area contributed by atoms with E-state index < -0.39 is 0 Å². The standard InChI is InChI=1S/C21H30N2O2/c1-14-10-16(14)13-25-17-5-8-23(9-6-17)12-19-18-4-7-22-21(18)15(2)11-20(19)24-3/h4,7,11,14,16-17,22H,5-6,8-10,12-13H2,1-3H3. The van der Waals surface area contributed by atoms with Gasteiger partial charge in [0, 0.05) is 42.3 Å². The molecule has 4 nitrogen and oxygen atoms in total. The molecule has 1 aliphatic carbocycles. The number of benzene rings is 1. The Labute approximate surface area is 150 Å². The first-order valence-corrected chi connectivity index (χ1v) is 9.63. The van der Waals surface area contributed by atoms with Crippen molar-refractivity contribution in [2.24, 2.45) is 11.8 Å². The van der Waals surface area contributed by atoms with Gasteiger partial charge in [-0.3, -0.25) is 4.90 Å². The molecule has 1 saturated carbocycles. The monoisotopic (exact) mass is 342 g/mol. The zero-order chi connectivity index (χ0) is 17.4. The Hall–Kier alpha value is -1.52. The van der Waals surface area contributed by atoms with E-state index in [2.05, 4.69) is 35.9 Å². The number of likely N-dealkylation sites (tertiary alicyclic amines) is 1. The van der Waals surface area contributed by atoms with Gasteiger partial charge in [-0.15, -0.1) is 0 Å². The normalized spacial score (nSPS) is 24.8. The Morgan fingerprint density at radius 2 is 2.04 bits per heavy atom. The second-order valence-electron chi connectivity index (χ2n) is 7.92. The Balaban J connectivity index is 1.39. The van der Waals surface area contributed by atoms with Crippen molar-refractivity contribution >= 4 is 10.9 Å². The van der Waals surface area contributed by atoms with Crippen LogP contribution in [0.15, 0.2) is 18.3 Å². The van der Waals surface area contributed by atoms with Crippen LogP contribution in [0.1, 0.15) is 37.3 Å². The van der Waals surface area contributed by atoms with Crippen LogP contribution in [0.4, 0.5) is 0 Å². The zero-order valence-electron chi connectivity index (χ0n) is 15.7. The van der Waals surface area contributed by atoms with Gasteiger partial charge in [-0.1, -0.05) is 6.92 Å². The fourth-order valence-electron chi connectivity index (χ4n) is 4.13. The molecule has 1 aromatic carbocycles. The van der Waals surface area contributed by atoms with Crippen molar-refractivity contribution in [3.63, 3.8) is 0 Å². The molecule has 1 aromatic heterocycles. The number of H-pyrrole nitrogens is 1. The molecule has 2 fully saturated rings. The summed E-state index contributed by atoms with van der Waals surface area (Å²) >= 11 is 0. The summed E-state index contributed by atoms with van der Waals surface area (Å²) in [6, 6.07) is 4.33. The number of ether oxygens (including phenoxy) is 2. The number of nitrogens with zero attached hydrogens (tertiary/aromatic N) is 1. The Kier molecular flexibility index (Phi) is 4.74. The molecule has 0 radical (unpaired) electrons. The highest BCUT2D eigenvalue weighted by Gasteiger charge is 2.33. The van der Waals surface area contributed by atoms with Gasteiger partial charge in [0.05, 0.1) is 19.8 Å². The lowest BCUT2D eigenvalue weighted by atomic mass is 10.0. The van der Waals surface area contributed by atoms with Crippen LogP contribution >= 0.6 is 0 Å². The smallest absolute Gasteiger partial charge is 0.124 e. The molecule has 2 heterocycles. The topological polar surface area (TPSA) is 37.5 Å². The lowest BCUT2D eigenvalue weighted by Crippen LogP contribution is -2.37. The summed E-state index contributed by atoms with van der Waals surface area (Å²) in [6.45, 7) is 8.59. The number of aromatic amines is 1. The number of rotatable bonds is 6. The van der Waals surface area contributed by atoms with E-state index >= 15 is 0 Å². The highest BCUT2D eigenvalue weighted by molar-refractivity contribution is 5.88. The van der Waals surface area contributed by atoms with Crippen molar-refractivity contribution in [1.82, 2.24) is 9.88 Å². The summed E-state index contributed by atoms with van der Waals surface area (Å²) in [4.78, 5) is 5.91. The van der Waals surface area contributed by atoms with Gasteiger partial charge in [0.15, 0.2) is 0 Å². The first kappa shape index (κ1) is 16.9. The fraction of sp³-hybridized carbons (Fsp3) is 0.619. The van der Waals surface area contributed by atoms with Gasteiger partial charge in [-0.2, -0.15) is 0 Å². The predicted molar refractivity (Wildman–Crippen MR) is 101 cm³/mol. The third kappa shape index (κ3) is 3.56. The predicted octanol–water partition coefficient (Wildman–Crippen LogP) is 4.12. The highest BCUT2D eigenvalue weighted by Crippen LogP contribution is 2.38. The minimum atomic E-state index is 0.455. The van der Waals surface area contributed by atoms with E-state index in [-0.39, 0.29) is 0 Å². The quantitative estimate of drug-likeness (QED) is 0.858. The molecule has 2 unspecified atom stereocenters. The average Bonchev–Trinajstić information content (AvgIpc) is 3.10. The molecule has 1 aliphatic heterocycles. The molecule has 0 spiro atoms. The Bertz CT molecular complexity index is 731. The summed E-state index contributed by atoms with van der Waals surface area (Å²) in [5.41, 5.74) is 3.77. The molecule has 25 heavy (non-hydrogen) atoms. The van der Waals surface area contributed by atoms with Crippen molar-refractivity contribution < 1.29 is 9.47 Å². The number of piperidine rings is 1. The van der Waals surface area contributed by atoms with Crippen molar-refractivity contribution in [3.8, 4) is 5.75 Å². The molecule has 2 aliphatic rings. The van der Waals surface area contributed by atoms with Crippen molar-refractivity contribution in [3.05, 3.63) is 29.5 Å². The second-order valence-corrected chi connectivity index (χ2v) is 7.92. The van der Waals surface area contributed by atoms with Crippen LogP contribution in [0.3, 0.4) is 0 Å². The van der Waals surface area contributed by atoms with E-state index in [9.17, 15) is 0 Å². The van der Waals surface area contributed by atoms with Crippen molar-refractivity contribution in [1.29, 1.82) is 0 Å². The summed E-state index contributed by atoms with van der Waals surface area (Å²) in [6.07, 6.45) is 6.13. The summed E-state index contributed by atoms with van der Waals surface area (Å²) in [7, 11) is 1.77. The SMILES string of the molecule is COc1cc(C)c2[nH]ccc2c1CN1CCC(OCC2CC2C)CC1. The van der Waals surface area contributed by atoms with Gasteiger partial charge in [0.2, 0.25) is 0 Å². The molecule has 2 atom stereocenters. The van der Waals surface area contributed by atoms with Crippen molar-refractivity contribution in [2.45, 2.75) is 45.8 Å². The maximum absolute atomic E-state index is 6.14. The van der Waals surface area contributed by atoms with Crippen molar-refractivity contribution in [2.75, 3.05) is 26.8 Å². The van der Waals surface area contributed by atoms with E-state index in [1.165, 1.54) is 28.5 Å². The van der Waals surface area contributed by atoms with Crippen LogP contribution in [-0.4, -0.2) is 42.8 Å². The number of fused-ring (bicyclic) bond motifs is 1. The molecular weight excluding hydrogens is 312 g/mol. The number of hydrogen-bond acceptors (Lipinski definition) is 3. The molecule has 1 saturated heterocycles. The summed E-state index contributed by atoms with van der Waals surface area (Å²) in [5.74, 6) is 2.72. The minimum absolute atomic E-state index is 0.455. The summed E-state index contributed by atoms with van der Waals surface area (Å²) in [5, 5.41) is 1.29. The number of aryl methyl sites for hydroxylation is 1. The number of nitrogens with one attached hydrogen (secondary N) is 1. The lowest BCUT2D eigenvalue weighted by Gasteiger charge is -2.32. The molecule has 0 amide bonds. The number of hydrogen-bond donors (Lipinski definition) is 1. The van der Waals surface area contributed by atoms with E-state index in [1.807, 2.05) is 6.20 Å². The Morgan fingerprint density at radius 1 is 1.28 bits per heavy atom. The fourth-order valence-corrected chi connectivity index (χ4v) is 4.13. The van der Waals surface area contributed by atoms with E-state index in [1.54, 1.807) is 7.11 Å². The highest BCUT2D eigenvalue weighted by atomic mass is 16.5. The molecule has 4 heteroatoms. The Morgan fingerprint density at radius 3 is 2.72 bits per heavy atom. The van der Waals surface area contributed by atoms with Gasteiger partial charge in [0.25, 0.3) is 0 Å². The summed E-state index contributed by atoms with van der Waals surface area (Å²) < 4.78 is 11.8. The van der Waals surface area contributed by atoms with Gasteiger partial charge in [-0.05, 0) is 55.7 Å². The second kappa shape index (κ2) is 7.00.